The lowest BCUT2D eigenvalue weighted by molar-refractivity contribution is -0.131. The maximum atomic E-state index is 12.0. The number of halogens is 1. The lowest BCUT2D eigenvalue weighted by atomic mass is 10.1. The number of hydrogen-bond acceptors (Lipinski definition) is 5. The molecule has 0 bridgehead atoms. The van der Waals surface area contributed by atoms with Gasteiger partial charge >= 0.3 is 11.9 Å². The standard InChI is InChI=1S/C16H11ClO5/c1-10(18)21-13-3-2-4-14(9-13)22-16(20)12-7-5-11(6-8-12)15(17)19/h2-9H,1H3. The SMILES string of the molecule is CC(=O)Oc1cccc(OC(=O)c2ccc(C(=O)Cl)cc2)c1. The minimum Gasteiger partial charge on any atom is -0.427 e. The fourth-order valence-electron chi connectivity index (χ4n) is 1.67. The van der Waals surface area contributed by atoms with Crippen LogP contribution in [0.4, 0.5) is 0 Å². The van der Waals surface area contributed by atoms with E-state index < -0.39 is 17.2 Å². The summed E-state index contributed by atoms with van der Waals surface area (Å²) in [6.07, 6.45) is 0. The van der Waals surface area contributed by atoms with Crippen molar-refractivity contribution in [3.8, 4) is 11.5 Å². The van der Waals surface area contributed by atoms with Gasteiger partial charge in [-0.1, -0.05) is 6.07 Å². The van der Waals surface area contributed by atoms with Gasteiger partial charge in [0.2, 0.25) is 0 Å². The molecule has 0 N–H and O–H groups in total. The third kappa shape index (κ3) is 4.17. The summed E-state index contributed by atoms with van der Waals surface area (Å²) in [5.41, 5.74) is 0.551. The van der Waals surface area contributed by atoms with E-state index in [9.17, 15) is 14.4 Å². The van der Waals surface area contributed by atoms with Crippen LogP contribution in [0.1, 0.15) is 27.6 Å². The van der Waals surface area contributed by atoms with Gasteiger partial charge in [0, 0.05) is 18.6 Å². The van der Waals surface area contributed by atoms with Crippen LogP contribution in [0.25, 0.3) is 0 Å². The highest BCUT2D eigenvalue weighted by molar-refractivity contribution is 6.67. The van der Waals surface area contributed by atoms with Crippen molar-refractivity contribution >= 4 is 28.8 Å². The first kappa shape index (κ1) is 15.7. The third-order valence-electron chi connectivity index (χ3n) is 2.63. The summed E-state index contributed by atoms with van der Waals surface area (Å²) in [6, 6.07) is 11.9. The largest absolute Gasteiger partial charge is 0.427 e. The Kier molecular flexibility index (Phi) is 4.91. The number of esters is 2. The highest BCUT2D eigenvalue weighted by atomic mass is 35.5. The van der Waals surface area contributed by atoms with Crippen molar-refractivity contribution in [1.29, 1.82) is 0 Å². The van der Waals surface area contributed by atoms with Crippen LogP contribution in [0.3, 0.4) is 0 Å². The molecule has 0 radical (unpaired) electrons. The van der Waals surface area contributed by atoms with Gasteiger partial charge in [0.1, 0.15) is 11.5 Å². The van der Waals surface area contributed by atoms with Crippen LogP contribution in [0, 0.1) is 0 Å². The van der Waals surface area contributed by atoms with E-state index in [1.54, 1.807) is 18.2 Å². The summed E-state index contributed by atoms with van der Waals surface area (Å²) in [4.78, 5) is 33.8. The number of benzene rings is 2. The fraction of sp³-hybridized carbons (Fsp3) is 0.0625. The van der Waals surface area contributed by atoms with E-state index in [2.05, 4.69) is 0 Å². The van der Waals surface area contributed by atoms with Crippen molar-refractivity contribution in [3.63, 3.8) is 0 Å². The average molecular weight is 319 g/mol. The van der Waals surface area contributed by atoms with Gasteiger partial charge in [-0.05, 0) is 48.0 Å². The first-order valence-corrected chi connectivity index (χ1v) is 6.64. The molecule has 0 aromatic heterocycles. The van der Waals surface area contributed by atoms with Crippen molar-refractivity contribution in [1.82, 2.24) is 0 Å². The first-order chi connectivity index (χ1) is 10.5. The van der Waals surface area contributed by atoms with Gasteiger partial charge in [0.05, 0.1) is 5.56 Å². The van der Waals surface area contributed by atoms with E-state index in [-0.39, 0.29) is 22.6 Å². The van der Waals surface area contributed by atoms with Gasteiger partial charge in [-0.3, -0.25) is 9.59 Å². The van der Waals surface area contributed by atoms with E-state index >= 15 is 0 Å². The normalized spacial score (nSPS) is 9.91. The van der Waals surface area contributed by atoms with E-state index in [1.807, 2.05) is 0 Å². The first-order valence-electron chi connectivity index (χ1n) is 6.26. The van der Waals surface area contributed by atoms with Crippen LogP contribution in [0.5, 0.6) is 11.5 Å². The third-order valence-corrected chi connectivity index (χ3v) is 2.84. The summed E-state index contributed by atoms with van der Waals surface area (Å²) >= 11 is 5.33. The van der Waals surface area contributed by atoms with Crippen molar-refractivity contribution in [2.45, 2.75) is 6.92 Å². The summed E-state index contributed by atoms with van der Waals surface area (Å²) in [6.45, 7) is 1.28. The molecule has 0 saturated carbocycles. The van der Waals surface area contributed by atoms with Crippen molar-refractivity contribution < 1.29 is 23.9 Å². The van der Waals surface area contributed by atoms with Crippen molar-refractivity contribution in [3.05, 3.63) is 59.7 Å². The molecule has 6 heteroatoms. The molecule has 5 nitrogen and oxygen atoms in total. The molecule has 0 aliphatic carbocycles. The van der Waals surface area contributed by atoms with Gasteiger partial charge in [0.25, 0.3) is 5.24 Å². The van der Waals surface area contributed by atoms with E-state index in [4.69, 9.17) is 21.1 Å². The molecule has 22 heavy (non-hydrogen) atoms. The average Bonchev–Trinajstić information content (AvgIpc) is 2.47. The summed E-state index contributed by atoms with van der Waals surface area (Å²) < 4.78 is 10.1. The van der Waals surface area contributed by atoms with Crippen LogP contribution in [-0.2, 0) is 4.79 Å². The smallest absolute Gasteiger partial charge is 0.343 e. The molecule has 0 aliphatic heterocycles. The molecule has 2 aromatic rings. The topological polar surface area (TPSA) is 69.7 Å². The monoisotopic (exact) mass is 318 g/mol. The van der Waals surface area contributed by atoms with Crippen LogP contribution >= 0.6 is 11.6 Å². The molecule has 0 spiro atoms. The Labute approximate surface area is 131 Å². The van der Waals surface area contributed by atoms with Gasteiger partial charge in [-0.2, -0.15) is 0 Å². The van der Waals surface area contributed by atoms with E-state index in [0.29, 0.717) is 0 Å². The number of rotatable bonds is 4. The minimum atomic E-state index is -0.603. The van der Waals surface area contributed by atoms with Crippen LogP contribution < -0.4 is 9.47 Å². The second-order valence-corrected chi connectivity index (χ2v) is 4.65. The summed E-state index contributed by atoms with van der Waals surface area (Å²) in [5, 5.41) is -0.603. The fourth-order valence-corrected chi connectivity index (χ4v) is 1.80. The molecule has 2 aromatic carbocycles. The molecule has 0 atom stereocenters. The van der Waals surface area contributed by atoms with Gasteiger partial charge in [-0.15, -0.1) is 0 Å². The zero-order valence-corrected chi connectivity index (χ0v) is 12.3. The maximum absolute atomic E-state index is 12.0. The van der Waals surface area contributed by atoms with Gasteiger partial charge in [0.15, 0.2) is 0 Å². The number of hydrogen-bond donors (Lipinski definition) is 0. The maximum Gasteiger partial charge on any atom is 0.343 e. The Morgan fingerprint density at radius 2 is 1.41 bits per heavy atom. The second-order valence-electron chi connectivity index (χ2n) is 4.31. The second kappa shape index (κ2) is 6.87. The van der Waals surface area contributed by atoms with Crippen molar-refractivity contribution in [2.75, 3.05) is 0 Å². The number of carbonyl (C=O) groups is 3. The lowest BCUT2D eigenvalue weighted by Gasteiger charge is -2.06. The lowest BCUT2D eigenvalue weighted by Crippen LogP contribution is -2.09. The molecular formula is C16H11ClO5. The predicted octanol–water partition coefficient (Wildman–Crippen LogP) is 3.21. The molecule has 0 heterocycles. The minimum absolute atomic E-state index is 0.237. The Morgan fingerprint density at radius 1 is 0.864 bits per heavy atom. The molecule has 0 fully saturated rings. The highest BCUT2D eigenvalue weighted by Gasteiger charge is 2.11. The number of carbonyl (C=O) groups excluding carboxylic acids is 3. The quantitative estimate of drug-likeness (QED) is 0.492. The summed E-state index contributed by atoms with van der Waals surface area (Å²) in [5.74, 6) is -0.555. The summed E-state index contributed by atoms with van der Waals surface area (Å²) in [7, 11) is 0. The van der Waals surface area contributed by atoms with Gasteiger partial charge < -0.3 is 9.47 Å². The van der Waals surface area contributed by atoms with E-state index in [1.165, 1.54) is 37.3 Å². The predicted molar refractivity (Wildman–Crippen MR) is 79.3 cm³/mol. The highest BCUT2D eigenvalue weighted by Crippen LogP contribution is 2.20. The zero-order chi connectivity index (χ0) is 16.1. The van der Waals surface area contributed by atoms with E-state index in [0.717, 1.165) is 0 Å². The molecule has 0 amide bonds. The zero-order valence-electron chi connectivity index (χ0n) is 11.5. The molecular weight excluding hydrogens is 308 g/mol. The van der Waals surface area contributed by atoms with Crippen LogP contribution in [0.15, 0.2) is 48.5 Å². The van der Waals surface area contributed by atoms with Crippen LogP contribution in [0.2, 0.25) is 0 Å². The van der Waals surface area contributed by atoms with Crippen molar-refractivity contribution in [2.24, 2.45) is 0 Å². The van der Waals surface area contributed by atoms with Crippen LogP contribution in [-0.4, -0.2) is 17.2 Å². The van der Waals surface area contributed by atoms with Gasteiger partial charge in [-0.25, -0.2) is 4.79 Å². The Morgan fingerprint density at radius 3 is 1.95 bits per heavy atom. The molecule has 0 saturated heterocycles. The Balaban J connectivity index is 2.11. The Hall–Kier alpha value is -2.66. The molecule has 0 unspecified atom stereocenters. The molecule has 112 valence electrons. The molecule has 0 aliphatic rings. The number of ether oxygens (including phenoxy) is 2. The molecule has 2 rings (SSSR count). The Bertz CT molecular complexity index is 722.